The summed E-state index contributed by atoms with van der Waals surface area (Å²) < 4.78 is 1.71. The van der Waals surface area contributed by atoms with Crippen molar-refractivity contribution in [2.24, 2.45) is 0 Å². The van der Waals surface area contributed by atoms with E-state index in [1.54, 1.807) is 0 Å². The van der Waals surface area contributed by atoms with Crippen molar-refractivity contribution < 1.29 is 5.11 Å². The van der Waals surface area contributed by atoms with Gasteiger partial charge in [0.25, 0.3) is 0 Å². The van der Waals surface area contributed by atoms with E-state index in [1.807, 2.05) is 12.1 Å². The Kier molecular flexibility index (Phi) is 2.79. The summed E-state index contributed by atoms with van der Waals surface area (Å²) in [5.41, 5.74) is 0.937. The van der Waals surface area contributed by atoms with Gasteiger partial charge < -0.3 is 5.11 Å². The van der Waals surface area contributed by atoms with E-state index in [9.17, 15) is 5.11 Å². The van der Waals surface area contributed by atoms with E-state index in [0.717, 1.165) is 12.7 Å². The molecule has 10 heavy (non-hydrogen) atoms. The van der Waals surface area contributed by atoms with Crippen LogP contribution >= 0.6 is 45.2 Å². The van der Waals surface area contributed by atoms with Crippen molar-refractivity contribution in [1.29, 1.82) is 0 Å². The van der Waals surface area contributed by atoms with Crippen molar-refractivity contribution >= 4 is 45.2 Å². The highest BCUT2D eigenvalue weighted by molar-refractivity contribution is 14.1. The van der Waals surface area contributed by atoms with Crippen molar-refractivity contribution in [1.82, 2.24) is 0 Å². The minimum absolute atomic E-state index is 0.355. The Bertz CT molecular complexity index is 235. The van der Waals surface area contributed by atoms with E-state index < -0.39 is 0 Å². The molecule has 1 rings (SSSR count). The second-order valence-corrected chi connectivity index (χ2v) is 4.23. The summed E-state index contributed by atoms with van der Waals surface area (Å²) in [4.78, 5) is 0. The molecule has 1 aromatic carbocycles. The standard InChI is InChI=1S/C7H5I2O/c1-4-2-5(8)7(10)6(9)3-4/h2-3,10H,1H2. The molecule has 0 aliphatic heterocycles. The van der Waals surface area contributed by atoms with Crippen LogP contribution < -0.4 is 0 Å². The molecule has 0 spiro atoms. The lowest BCUT2D eigenvalue weighted by molar-refractivity contribution is 0.467. The van der Waals surface area contributed by atoms with Crippen LogP contribution in [0.5, 0.6) is 5.75 Å². The summed E-state index contributed by atoms with van der Waals surface area (Å²) in [7, 11) is 0. The first-order valence-corrected chi connectivity index (χ1v) is 4.77. The van der Waals surface area contributed by atoms with Gasteiger partial charge in [0.2, 0.25) is 0 Å². The average molecular weight is 359 g/mol. The second-order valence-electron chi connectivity index (χ2n) is 1.91. The lowest BCUT2D eigenvalue weighted by atomic mass is 10.2. The van der Waals surface area contributed by atoms with Crippen molar-refractivity contribution in [3.8, 4) is 5.75 Å². The first-order valence-electron chi connectivity index (χ1n) is 2.61. The Morgan fingerprint density at radius 1 is 1.20 bits per heavy atom. The number of phenolic OH excluding ortho intramolecular Hbond substituents is 1. The maximum Gasteiger partial charge on any atom is 0.142 e. The molecule has 3 heteroatoms. The molecular formula is C7H5I2O. The van der Waals surface area contributed by atoms with Crippen LogP contribution in [-0.4, -0.2) is 5.11 Å². The van der Waals surface area contributed by atoms with Crippen molar-refractivity contribution in [2.45, 2.75) is 0 Å². The third-order valence-corrected chi connectivity index (χ3v) is 2.72. The molecule has 0 aliphatic carbocycles. The number of hydrogen-bond acceptors (Lipinski definition) is 1. The van der Waals surface area contributed by atoms with Crippen molar-refractivity contribution in [3.05, 3.63) is 31.8 Å². The van der Waals surface area contributed by atoms with E-state index in [4.69, 9.17) is 0 Å². The molecule has 53 valence electrons. The van der Waals surface area contributed by atoms with Gasteiger partial charge in [-0.15, -0.1) is 0 Å². The van der Waals surface area contributed by atoms with Gasteiger partial charge in [0.1, 0.15) is 5.75 Å². The molecule has 1 aromatic rings. The number of halogens is 2. The molecule has 0 aromatic heterocycles. The molecule has 0 saturated heterocycles. The van der Waals surface area contributed by atoms with Crippen LogP contribution in [0.4, 0.5) is 0 Å². The molecule has 1 N–H and O–H groups in total. The summed E-state index contributed by atoms with van der Waals surface area (Å²) in [6, 6.07) is 3.69. The largest absolute Gasteiger partial charge is 0.506 e. The van der Waals surface area contributed by atoms with Gasteiger partial charge in [-0.3, -0.25) is 0 Å². The van der Waals surface area contributed by atoms with Gasteiger partial charge in [-0.05, 0) is 69.8 Å². The summed E-state index contributed by atoms with van der Waals surface area (Å²) >= 11 is 4.16. The van der Waals surface area contributed by atoms with E-state index in [2.05, 4.69) is 52.1 Å². The summed E-state index contributed by atoms with van der Waals surface area (Å²) in [6.45, 7) is 3.76. The van der Waals surface area contributed by atoms with Crippen LogP contribution in [0.2, 0.25) is 0 Å². The number of phenols is 1. The van der Waals surface area contributed by atoms with E-state index >= 15 is 0 Å². The van der Waals surface area contributed by atoms with Gasteiger partial charge in [0, 0.05) is 0 Å². The van der Waals surface area contributed by atoms with E-state index in [-0.39, 0.29) is 0 Å². The van der Waals surface area contributed by atoms with Crippen LogP contribution in [0.15, 0.2) is 12.1 Å². The Morgan fingerprint density at radius 2 is 1.60 bits per heavy atom. The maximum absolute atomic E-state index is 9.29. The molecule has 1 nitrogen and oxygen atoms in total. The van der Waals surface area contributed by atoms with Gasteiger partial charge >= 0.3 is 0 Å². The van der Waals surface area contributed by atoms with Crippen LogP contribution in [0.25, 0.3) is 0 Å². The normalized spacial score (nSPS) is 9.90. The van der Waals surface area contributed by atoms with E-state index in [0.29, 0.717) is 5.75 Å². The van der Waals surface area contributed by atoms with Crippen molar-refractivity contribution in [3.63, 3.8) is 0 Å². The molecule has 0 unspecified atom stereocenters. The third-order valence-electron chi connectivity index (χ3n) is 1.08. The Morgan fingerprint density at radius 3 is 2.00 bits per heavy atom. The SMILES string of the molecule is [CH2]c1cc(I)c(O)c(I)c1. The number of benzene rings is 1. The van der Waals surface area contributed by atoms with Gasteiger partial charge in [0.15, 0.2) is 0 Å². The molecule has 0 bridgehead atoms. The highest BCUT2D eigenvalue weighted by Crippen LogP contribution is 2.26. The van der Waals surface area contributed by atoms with Crippen LogP contribution in [-0.2, 0) is 0 Å². The third kappa shape index (κ3) is 1.75. The van der Waals surface area contributed by atoms with Crippen LogP contribution in [0.3, 0.4) is 0 Å². The zero-order valence-corrected chi connectivity index (χ0v) is 9.38. The quantitative estimate of drug-likeness (QED) is 0.707. The first-order chi connectivity index (χ1) is 4.61. The average Bonchev–Trinajstić information content (AvgIpc) is 1.82. The van der Waals surface area contributed by atoms with Crippen molar-refractivity contribution in [2.75, 3.05) is 0 Å². The monoisotopic (exact) mass is 359 g/mol. The van der Waals surface area contributed by atoms with Gasteiger partial charge in [0.05, 0.1) is 7.14 Å². The van der Waals surface area contributed by atoms with Gasteiger partial charge in [-0.25, -0.2) is 0 Å². The predicted octanol–water partition coefficient (Wildman–Crippen LogP) is 2.78. The zero-order valence-electron chi connectivity index (χ0n) is 5.06. The highest BCUT2D eigenvalue weighted by Gasteiger charge is 2.01. The Hall–Kier alpha value is 0.480. The first kappa shape index (κ1) is 8.58. The molecule has 0 fully saturated rings. The fourth-order valence-electron chi connectivity index (χ4n) is 0.618. The number of aromatic hydroxyl groups is 1. The van der Waals surface area contributed by atoms with E-state index in [1.165, 1.54) is 0 Å². The molecule has 1 radical (unpaired) electrons. The predicted molar refractivity (Wildman–Crippen MR) is 58.0 cm³/mol. The lowest BCUT2D eigenvalue weighted by Crippen LogP contribution is -1.81. The number of rotatable bonds is 0. The molecule has 0 heterocycles. The Labute approximate surface area is 87.1 Å². The smallest absolute Gasteiger partial charge is 0.142 e. The van der Waals surface area contributed by atoms with Gasteiger partial charge in [-0.2, -0.15) is 0 Å². The van der Waals surface area contributed by atoms with Crippen LogP contribution in [0, 0.1) is 14.1 Å². The summed E-state index contributed by atoms with van der Waals surface area (Å²) in [5, 5.41) is 9.29. The molecule has 0 amide bonds. The topological polar surface area (TPSA) is 20.2 Å². The van der Waals surface area contributed by atoms with Crippen LogP contribution in [0.1, 0.15) is 5.56 Å². The maximum atomic E-state index is 9.29. The summed E-state index contributed by atoms with van der Waals surface area (Å²) in [6.07, 6.45) is 0. The molecular weight excluding hydrogens is 354 g/mol. The summed E-state index contributed by atoms with van der Waals surface area (Å²) in [5.74, 6) is 0.355. The molecule has 0 aliphatic rings. The fraction of sp³-hybridized carbons (Fsp3) is 0. The minimum Gasteiger partial charge on any atom is -0.506 e. The van der Waals surface area contributed by atoms with Gasteiger partial charge in [-0.1, -0.05) is 0 Å². The minimum atomic E-state index is 0.355. The second kappa shape index (κ2) is 3.25. The fourth-order valence-corrected chi connectivity index (χ4v) is 2.52. The Balaban J connectivity index is 3.31. The lowest BCUT2D eigenvalue weighted by Gasteiger charge is -2.00. The highest BCUT2D eigenvalue weighted by atomic mass is 127. The molecule has 0 atom stereocenters. The zero-order chi connectivity index (χ0) is 7.72. The molecule has 0 saturated carbocycles. The number of hydrogen-bond donors (Lipinski definition) is 1.